The van der Waals surface area contributed by atoms with Crippen molar-refractivity contribution in [3.05, 3.63) is 53.8 Å². The first-order valence-electron chi connectivity index (χ1n) is 12.4. The van der Waals surface area contributed by atoms with Gasteiger partial charge in [-0.2, -0.15) is 4.31 Å². The van der Waals surface area contributed by atoms with E-state index in [1.165, 1.54) is 66.3 Å². The molecule has 2 aromatic carbocycles. The zero-order valence-corrected chi connectivity index (χ0v) is 25.1. The first-order chi connectivity index (χ1) is 18.2. The van der Waals surface area contributed by atoms with Crippen LogP contribution in [0.25, 0.3) is 10.2 Å². The number of anilines is 1. The van der Waals surface area contributed by atoms with Crippen molar-refractivity contribution in [3.63, 3.8) is 0 Å². The number of ether oxygens (including phenoxy) is 2. The van der Waals surface area contributed by atoms with E-state index < -0.39 is 10.0 Å². The molecule has 0 N–H and O–H groups in total. The van der Waals surface area contributed by atoms with Crippen LogP contribution in [0, 0.1) is 5.82 Å². The number of hydrogen-bond acceptors (Lipinski definition) is 8. The normalized spacial score (nSPS) is 11.8. The number of likely N-dealkylation sites (N-methyl/N-ethyl adjacent to an activating group) is 1. The Morgan fingerprint density at radius 1 is 0.949 bits per heavy atom. The van der Waals surface area contributed by atoms with Crippen LogP contribution in [0.3, 0.4) is 0 Å². The first-order valence-corrected chi connectivity index (χ1v) is 14.7. The molecule has 0 bridgehead atoms. The van der Waals surface area contributed by atoms with E-state index in [1.807, 2.05) is 0 Å². The fourth-order valence-corrected chi connectivity index (χ4v) is 6.30. The molecule has 0 saturated carbocycles. The van der Waals surface area contributed by atoms with Crippen molar-refractivity contribution in [1.29, 1.82) is 0 Å². The minimum Gasteiger partial charge on any atom is -0.383 e. The van der Waals surface area contributed by atoms with E-state index in [2.05, 4.69) is 23.7 Å². The van der Waals surface area contributed by atoms with Gasteiger partial charge < -0.3 is 14.4 Å². The van der Waals surface area contributed by atoms with Gasteiger partial charge >= 0.3 is 0 Å². The quantitative estimate of drug-likeness (QED) is 0.258. The van der Waals surface area contributed by atoms with Gasteiger partial charge in [0, 0.05) is 46.0 Å². The highest BCUT2D eigenvalue weighted by molar-refractivity contribution is 7.89. The highest BCUT2D eigenvalue weighted by Crippen LogP contribution is 2.30. The topological polar surface area (TPSA) is 92.3 Å². The Morgan fingerprint density at radius 3 is 2.13 bits per heavy atom. The monoisotopic (exact) mass is 602 g/mol. The number of benzene rings is 2. The van der Waals surface area contributed by atoms with Crippen molar-refractivity contribution in [2.45, 2.75) is 18.7 Å². The molecule has 0 aliphatic carbocycles. The van der Waals surface area contributed by atoms with Crippen molar-refractivity contribution in [2.24, 2.45) is 0 Å². The summed E-state index contributed by atoms with van der Waals surface area (Å²) in [5.41, 5.74) is 0.940. The lowest BCUT2D eigenvalue weighted by Gasteiger charge is -2.25. The number of carbonyl (C=O) groups excluding carboxylic acids is 1. The largest absolute Gasteiger partial charge is 0.383 e. The van der Waals surface area contributed by atoms with Crippen LogP contribution in [-0.2, 0) is 19.5 Å². The molecule has 216 valence electrons. The second kappa shape index (κ2) is 15.6. The van der Waals surface area contributed by atoms with Gasteiger partial charge in [-0.15, -0.1) is 12.4 Å². The Bertz CT molecular complexity index is 1300. The number of thiazole rings is 1. The lowest BCUT2D eigenvalue weighted by molar-refractivity contribution is 0.0983. The van der Waals surface area contributed by atoms with Crippen molar-refractivity contribution < 1.29 is 27.1 Å². The van der Waals surface area contributed by atoms with Gasteiger partial charge in [-0.25, -0.2) is 17.8 Å². The molecular weight excluding hydrogens is 567 g/mol. The molecule has 13 heteroatoms. The summed E-state index contributed by atoms with van der Waals surface area (Å²) in [5, 5.41) is 0.463. The Labute approximate surface area is 240 Å². The smallest absolute Gasteiger partial charge is 0.260 e. The third kappa shape index (κ3) is 8.40. The molecule has 0 atom stereocenters. The lowest BCUT2D eigenvalue weighted by atomic mass is 10.2. The van der Waals surface area contributed by atoms with E-state index in [0.717, 1.165) is 13.1 Å². The van der Waals surface area contributed by atoms with Crippen LogP contribution >= 0.6 is 23.7 Å². The standard InChI is InChI=1S/C26H35FN4O5S2.ClH/c1-5-29(6-2)13-14-31(26-28-23-12-9-21(27)19-24(23)37-26)25(32)20-7-10-22(11-8-20)38(33,34)30(15-17-35-3)16-18-36-4;/h7-12,19H,5-6,13-18H2,1-4H3;1H. The highest BCUT2D eigenvalue weighted by Gasteiger charge is 2.26. The predicted octanol–water partition coefficient (Wildman–Crippen LogP) is 4.13. The first kappa shape index (κ1) is 33.0. The number of aromatic nitrogens is 1. The maximum absolute atomic E-state index is 13.8. The molecule has 0 aliphatic rings. The molecule has 1 heterocycles. The van der Waals surface area contributed by atoms with Crippen LogP contribution in [0.15, 0.2) is 47.4 Å². The summed E-state index contributed by atoms with van der Waals surface area (Å²) in [5.74, 6) is -0.674. The Balaban J connectivity index is 0.00000533. The van der Waals surface area contributed by atoms with E-state index in [1.54, 1.807) is 11.0 Å². The van der Waals surface area contributed by atoms with Crippen LogP contribution in [0.2, 0.25) is 0 Å². The zero-order chi connectivity index (χ0) is 27.7. The molecule has 1 aromatic heterocycles. The van der Waals surface area contributed by atoms with E-state index in [4.69, 9.17) is 9.47 Å². The number of carbonyl (C=O) groups is 1. The van der Waals surface area contributed by atoms with Crippen molar-refractivity contribution >= 4 is 55.0 Å². The van der Waals surface area contributed by atoms with Gasteiger partial charge in [0.25, 0.3) is 5.91 Å². The molecule has 0 fully saturated rings. The number of fused-ring (bicyclic) bond motifs is 1. The summed E-state index contributed by atoms with van der Waals surface area (Å²) < 4.78 is 52.3. The summed E-state index contributed by atoms with van der Waals surface area (Å²) in [7, 11) is -0.795. The average Bonchev–Trinajstić information content (AvgIpc) is 3.33. The minimum absolute atomic E-state index is 0. The van der Waals surface area contributed by atoms with Crippen LogP contribution in [-0.4, -0.2) is 95.2 Å². The molecule has 0 unspecified atom stereocenters. The van der Waals surface area contributed by atoms with Gasteiger partial charge in [-0.3, -0.25) is 9.69 Å². The fraction of sp³-hybridized carbons (Fsp3) is 0.462. The number of amides is 1. The fourth-order valence-electron chi connectivity index (χ4n) is 3.88. The zero-order valence-electron chi connectivity index (χ0n) is 22.6. The van der Waals surface area contributed by atoms with Crippen LogP contribution in [0.4, 0.5) is 9.52 Å². The number of rotatable bonds is 15. The van der Waals surface area contributed by atoms with E-state index in [-0.39, 0.29) is 55.3 Å². The van der Waals surface area contributed by atoms with Crippen LogP contribution < -0.4 is 4.90 Å². The van der Waals surface area contributed by atoms with Gasteiger partial charge in [0.15, 0.2) is 5.13 Å². The summed E-state index contributed by atoms with van der Waals surface area (Å²) in [6.07, 6.45) is 0. The second-order valence-corrected chi connectivity index (χ2v) is 11.5. The van der Waals surface area contributed by atoms with Crippen molar-refractivity contribution in [2.75, 3.05) is 71.6 Å². The highest BCUT2D eigenvalue weighted by atomic mass is 35.5. The maximum Gasteiger partial charge on any atom is 0.260 e. The average molecular weight is 603 g/mol. The number of nitrogens with zero attached hydrogens (tertiary/aromatic N) is 4. The molecule has 0 radical (unpaired) electrons. The molecule has 9 nitrogen and oxygen atoms in total. The van der Waals surface area contributed by atoms with E-state index in [9.17, 15) is 17.6 Å². The molecular formula is C26H36ClFN4O5S2. The number of halogens is 2. The maximum atomic E-state index is 13.8. The van der Waals surface area contributed by atoms with Crippen LogP contribution in [0.5, 0.6) is 0 Å². The Kier molecular flexibility index (Phi) is 13.2. The van der Waals surface area contributed by atoms with Crippen molar-refractivity contribution in [3.8, 4) is 0 Å². The minimum atomic E-state index is -3.81. The molecule has 3 rings (SSSR count). The van der Waals surface area contributed by atoms with E-state index in [0.29, 0.717) is 34.0 Å². The SMILES string of the molecule is CCN(CC)CCN(C(=O)c1ccc(S(=O)(=O)N(CCOC)CCOC)cc1)c1nc2ccc(F)cc2s1.Cl. The summed E-state index contributed by atoms with van der Waals surface area (Å²) in [4.78, 5) is 22.1. The molecule has 39 heavy (non-hydrogen) atoms. The van der Waals surface area contributed by atoms with E-state index >= 15 is 0 Å². The number of sulfonamides is 1. The van der Waals surface area contributed by atoms with Gasteiger partial charge in [-0.1, -0.05) is 25.2 Å². The Morgan fingerprint density at radius 2 is 1.56 bits per heavy atom. The van der Waals surface area contributed by atoms with Gasteiger partial charge in [-0.05, 0) is 55.6 Å². The molecule has 0 aliphatic heterocycles. The van der Waals surface area contributed by atoms with Gasteiger partial charge in [0.05, 0.1) is 28.3 Å². The molecule has 1 amide bonds. The molecule has 3 aromatic rings. The Hall–Kier alpha value is -2.19. The lowest BCUT2D eigenvalue weighted by Crippen LogP contribution is -2.39. The third-order valence-electron chi connectivity index (χ3n) is 6.18. The molecule has 0 saturated heterocycles. The summed E-state index contributed by atoms with van der Waals surface area (Å²) in [6, 6.07) is 10.2. The third-order valence-corrected chi connectivity index (χ3v) is 9.13. The second-order valence-electron chi connectivity index (χ2n) is 8.51. The van der Waals surface area contributed by atoms with Crippen molar-refractivity contribution in [1.82, 2.24) is 14.2 Å². The van der Waals surface area contributed by atoms with Gasteiger partial charge in [0.1, 0.15) is 5.82 Å². The predicted molar refractivity (Wildman–Crippen MR) is 155 cm³/mol. The molecule has 0 spiro atoms. The van der Waals surface area contributed by atoms with Gasteiger partial charge in [0.2, 0.25) is 10.0 Å². The van der Waals surface area contributed by atoms with Crippen LogP contribution in [0.1, 0.15) is 24.2 Å². The summed E-state index contributed by atoms with van der Waals surface area (Å²) in [6.45, 7) is 7.63. The summed E-state index contributed by atoms with van der Waals surface area (Å²) >= 11 is 1.25. The number of methoxy groups -OCH3 is 2. The number of hydrogen-bond donors (Lipinski definition) is 0.